The van der Waals surface area contributed by atoms with E-state index in [4.69, 9.17) is 9.47 Å². The molecule has 0 saturated carbocycles. The molecule has 1 N–H and O–H groups in total. The molecule has 0 aliphatic carbocycles. The van der Waals surface area contributed by atoms with Crippen LogP contribution in [0.3, 0.4) is 0 Å². The molecule has 1 saturated heterocycles. The minimum atomic E-state index is -3.93. The third-order valence-electron chi connectivity index (χ3n) is 4.49. The number of nitrogens with one attached hydrogen (secondary N) is 1. The predicted molar refractivity (Wildman–Crippen MR) is 100 cm³/mol. The van der Waals surface area contributed by atoms with Crippen LogP contribution in [0.15, 0.2) is 47.4 Å². The van der Waals surface area contributed by atoms with Crippen LogP contribution in [0.25, 0.3) is 0 Å². The Kier molecular flexibility index (Phi) is 5.38. The number of carbonyl (C=O) groups is 1. The van der Waals surface area contributed by atoms with Crippen molar-refractivity contribution < 1.29 is 22.7 Å². The van der Waals surface area contributed by atoms with Crippen molar-refractivity contribution >= 4 is 15.9 Å². The van der Waals surface area contributed by atoms with Crippen molar-refractivity contribution in [2.24, 2.45) is 0 Å². The number of amides is 1. The van der Waals surface area contributed by atoms with Gasteiger partial charge in [-0.05, 0) is 24.6 Å². The summed E-state index contributed by atoms with van der Waals surface area (Å²) in [5.74, 6) is 0.408. The number of ether oxygens (including phenoxy) is 2. The summed E-state index contributed by atoms with van der Waals surface area (Å²) in [6.45, 7) is 2.34. The van der Waals surface area contributed by atoms with Crippen LogP contribution in [-0.2, 0) is 14.8 Å². The number of piperazine rings is 1. The van der Waals surface area contributed by atoms with E-state index in [9.17, 15) is 13.2 Å². The molecule has 0 spiro atoms. The van der Waals surface area contributed by atoms with Gasteiger partial charge in [0.1, 0.15) is 6.04 Å². The molecule has 2 aromatic rings. The van der Waals surface area contributed by atoms with Crippen LogP contribution in [0.4, 0.5) is 0 Å². The Morgan fingerprint density at radius 3 is 2.48 bits per heavy atom. The molecule has 0 bridgehead atoms. The highest BCUT2D eigenvalue weighted by Crippen LogP contribution is 2.34. The summed E-state index contributed by atoms with van der Waals surface area (Å²) in [5.41, 5.74) is 1.59. The lowest BCUT2D eigenvalue weighted by Crippen LogP contribution is -2.52. The number of rotatable bonds is 5. The molecular weight excluding hydrogens is 368 g/mol. The zero-order valence-corrected chi connectivity index (χ0v) is 16.2. The van der Waals surface area contributed by atoms with Gasteiger partial charge in [-0.2, -0.15) is 4.31 Å². The highest BCUT2D eigenvalue weighted by molar-refractivity contribution is 7.89. The zero-order valence-electron chi connectivity index (χ0n) is 15.4. The highest BCUT2D eigenvalue weighted by atomic mass is 32.2. The number of aryl methyl sites for hydroxylation is 1. The van der Waals surface area contributed by atoms with Crippen LogP contribution < -0.4 is 14.8 Å². The lowest BCUT2D eigenvalue weighted by molar-refractivity contribution is -0.126. The summed E-state index contributed by atoms with van der Waals surface area (Å²) in [4.78, 5) is 12.6. The van der Waals surface area contributed by atoms with Gasteiger partial charge in [0.2, 0.25) is 15.9 Å². The largest absolute Gasteiger partial charge is 0.493 e. The summed E-state index contributed by atoms with van der Waals surface area (Å²) in [5, 5.41) is 2.75. The Morgan fingerprint density at radius 2 is 1.81 bits per heavy atom. The van der Waals surface area contributed by atoms with Gasteiger partial charge in [0.05, 0.1) is 19.1 Å². The van der Waals surface area contributed by atoms with Gasteiger partial charge in [0.25, 0.3) is 0 Å². The van der Waals surface area contributed by atoms with Crippen LogP contribution in [0.5, 0.6) is 11.5 Å². The number of nitrogens with zero attached hydrogens (tertiary/aromatic N) is 1. The van der Waals surface area contributed by atoms with Crippen molar-refractivity contribution in [2.45, 2.75) is 17.9 Å². The topological polar surface area (TPSA) is 84.9 Å². The van der Waals surface area contributed by atoms with Crippen molar-refractivity contribution in [1.29, 1.82) is 0 Å². The monoisotopic (exact) mass is 390 g/mol. The molecule has 2 aromatic carbocycles. The molecule has 3 rings (SSSR count). The predicted octanol–water partition coefficient (Wildman–Crippen LogP) is 1.87. The van der Waals surface area contributed by atoms with Crippen molar-refractivity contribution in [3.63, 3.8) is 0 Å². The normalized spacial score (nSPS) is 18.0. The third kappa shape index (κ3) is 3.63. The van der Waals surface area contributed by atoms with E-state index >= 15 is 0 Å². The number of carbonyl (C=O) groups excluding carboxylic acids is 1. The van der Waals surface area contributed by atoms with Crippen molar-refractivity contribution in [2.75, 3.05) is 27.3 Å². The first-order valence-corrected chi connectivity index (χ1v) is 9.90. The number of methoxy groups -OCH3 is 2. The van der Waals surface area contributed by atoms with Crippen LogP contribution >= 0.6 is 0 Å². The molecule has 0 radical (unpaired) electrons. The second kappa shape index (κ2) is 7.58. The van der Waals surface area contributed by atoms with Gasteiger partial charge in [0.15, 0.2) is 11.5 Å². The molecule has 7 nitrogen and oxygen atoms in total. The Morgan fingerprint density at radius 1 is 1.07 bits per heavy atom. The van der Waals surface area contributed by atoms with Crippen LogP contribution in [0, 0.1) is 6.92 Å². The van der Waals surface area contributed by atoms with E-state index in [0.717, 1.165) is 5.56 Å². The SMILES string of the molecule is COc1ccc(S(=O)(=O)N2CCNC(=O)C2c2cccc(C)c2)cc1OC. The first-order valence-electron chi connectivity index (χ1n) is 8.46. The molecule has 27 heavy (non-hydrogen) atoms. The van der Waals surface area contributed by atoms with E-state index in [2.05, 4.69) is 5.32 Å². The van der Waals surface area contributed by atoms with E-state index in [0.29, 0.717) is 17.1 Å². The average Bonchev–Trinajstić information content (AvgIpc) is 2.67. The maximum absolute atomic E-state index is 13.3. The smallest absolute Gasteiger partial charge is 0.244 e. The standard InChI is InChI=1S/C19H22N2O5S/c1-13-5-4-6-14(11-13)18-19(22)20-9-10-21(18)27(23,24)15-7-8-16(25-2)17(12-15)26-3/h4-8,11-12,18H,9-10H2,1-3H3,(H,20,22). The zero-order chi connectivity index (χ0) is 19.6. The molecule has 1 aliphatic heterocycles. The minimum absolute atomic E-state index is 0.0486. The number of benzene rings is 2. The van der Waals surface area contributed by atoms with E-state index < -0.39 is 16.1 Å². The second-order valence-electron chi connectivity index (χ2n) is 6.24. The fourth-order valence-electron chi connectivity index (χ4n) is 3.18. The second-order valence-corrected chi connectivity index (χ2v) is 8.13. The molecule has 0 aromatic heterocycles. The van der Waals surface area contributed by atoms with Crippen LogP contribution in [0.1, 0.15) is 17.2 Å². The van der Waals surface area contributed by atoms with Crippen molar-refractivity contribution in [3.8, 4) is 11.5 Å². The van der Waals surface area contributed by atoms with Crippen LogP contribution in [0.2, 0.25) is 0 Å². The lowest BCUT2D eigenvalue weighted by Gasteiger charge is -2.34. The van der Waals surface area contributed by atoms with Gasteiger partial charge in [-0.25, -0.2) is 8.42 Å². The van der Waals surface area contributed by atoms with Crippen molar-refractivity contribution in [3.05, 3.63) is 53.6 Å². The minimum Gasteiger partial charge on any atom is -0.493 e. The maximum Gasteiger partial charge on any atom is 0.244 e. The molecule has 1 aliphatic rings. The molecular formula is C19H22N2O5S. The van der Waals surface area contributed by atoms with E-state index in [1.54, 1.807) is 6.07 Å². The molecule has 8 heteroatoms. The Hall–Kier alpha value is -2.58. The van der Waals surface area contributed by atoms with E-state index in [-0.39, 0.29) is 23.9 Å². The number of hydrogen-bond donors (Lipinski definition) is 1. The van der Waals surface area contributed by atoms with Gasteiger partial charge >= 0.3 is 0 Å². The van der Waals surface area contributed by atoms with Crippen molar-refractivity contribution in [1.82, 2.24) is 9.62 Å². The first kappa shape index (κ1) is 19.2. The average molecular weight is 390 g/mol. The molecule has 144 valence electrons. The summed E-state index contributed by atoms with van der Waals surface area (Å²) in [6, 6.07) is 10.8. The fraction of sp³-hybridized carbons (Fsp3) is 0.316. The molecule has 1 unspecified atom stereocenters. The van der Waals surface area contributed by atoms with Gasteiger partial charge < -0.3 is 14.8 Å². The van der Waals surface area contributed by atoms with Crippen LogP contribution in [-0.4, -0.2) is 45.9 Å². The van der Waals surface area contributed by atoms with Gasteiger partial charge in [-0.3, -0.25) is 4.79 Å². The van der Waals surface area contributed by atoms with Gasteiger partial charge in [0, 0.05) is 19.2 Å². The highest BCUT2D eigenvalue weighted by Gasteiger charge is 2.39. The molecule has 1 fully saturated rings. The Labute approximate surface area is 158 Å². The summed E-state index contributed by atoms with van der Waals surface area (Å²) < 4.78 is 38.3. The van der Waals surface area contributed by atoms with Gasteiger partial charge in [-0.15, -0.1) is 0 Å². The van der Waals surface area contributed by atoms with Gasteiger partial charge in [-0.1, -0.05) is 29.8 Å². The summed E-state index contributed by atoms with van der Waals surface area (Å²) in [7, 11) is -1.00. The first-order chi connectivity index (χ1) is 12.9. The Bertz CT molecular complexity index is 958. The quantitative estimate of drug-likeness (QED) is 0.843. The maximum atomic E-state index is 13.3. The molecule has 1 atom stereocenters. The fourth-order valence-corrected chi connectivity index (χ4v) is 4.77. The lowest BCUT2D eigenvalue weighted by atomic mass is 10.0. The molecule has 1 heterocycles. The molecule has 1 amide bonds. The number of sulfonamides is 1. The Balaban J connectivity index is 2.07. The van der Waals surface area contributed by atoms with E-state index in [1.165, 1.54) is 36.7 Å². The summed E-state index contributed by atoms with van der Waals surface area (Å²) in [6.07, 6.45) is 0. The van der Waals surface area contributed by atoms with E-state index in [1.807, 2.05) is 25.1 Å². The summed E-state index contributed by atoms with van der Waals surface area (Å²) >= 11 is 0. The number of hydrogen-bond acceptors (Lipinski definition) is 5. The third-order valence-corrected chi connectivity index (χ3v) is 6.35.